The van der Waals surface area contributed by atoms with E-state index in [9.17, 15) is 13.2 Å². The lowest BCUT2D eigenvalue weighted by Crippen LogP contribution is -2.23. The average Bonchev–Trinajstić information content (AvgIpc) is 3.08. The van der Waals surface area contributed by atoms with Gasteiger partial charge in [0.2, 0.25) is 15.7 Å². The van der Waals surface area contributed by atoms with Crippen LogP contribution in [0.5, 0.6) is 0 Å². The first kappa shape index (κ1) is 18.9. The Hall–Kier alpha value is -2.44. The Morgan fingerprint density at radius 3 is 2.39 bits per heavy atom. The number of anilines is 1. The van der Waals surface area contributed by atoms with E-state index in [0.29, 0.717) is 12.1 Å². The number of benzene rings is 2. The lowest BCUT2D eigenvalue weighted by atomic mass is 9.89. The Morgan fingerprint density at radius 2 is 1.71 bits per heavy atom. The number of carbonyl (C=O) groups is 1. The van der Waals surface area contributed by atoms with Crippen LogP contribution in [0.3, 0.4) is 0 Å². The van der Waals surface area contributed by atoms with Gasteiger partial charge in [-0.3, -0.25) is 4.79 Å². The summed E-state index contributed by atoms with van der Waals surface area (Å²) in [5, 5.41) is 4.47. The van der Waals surface area contributed by atoms with Gasteiger partial charge in [-0.15, -0.1) is 11.3 Å². The summed E-state index contributed by atoms with van der Waals surface area (Å²) in [6.07, 6.45) is 0.319. The molecule has 6 heteroatoms. The zero-order valence-electron chi connectivity index (χ0n) is 15.9. The highest BCUT2D eigenvalue weighted by molar-refractivity contribution is 7.91. The van der Waals surface area contributed by atoms with Crippen LogP contribution in [0.15, 0.2) is 57.6 Å². The summed E-state index contributed by atoms with van der Waals surface area (Å²) in [5.74, 6) is -0.287. The second kappa shape index (κ2) is 6.87. The van der Waals surface area contributed by atoms with Gasteiger partial charge in [-0.25, -0.2) is 8.42 Å². The molecule has 3 aromatic rings. The van der Waals surface area contributed by atoms with Crippen molar-refractivity contribution in [2.45, 2.75) is 42.9 Å². The predicted molar refractivity (Wildman–Crippen MR) is 112 cm³/mol. The minimum absolute atomic E-state index is 0.130. The lowest BCUT2D eigenvalue weighted by molar-refractivity contribution is -0.116. The van der Waals surface area contributed by atoms with Crippen molar-refractivity contribution >= 4 is 32.8 Å². The van der Waals surface area contributed by atoms with E-state index in [4.69, 9.17) is 0 Å². The molecule has 1 aliphatic rings. The van der Waals surface area contributed by atoms with Crippen LogP contribution in [-0.4, -0.2) is 14.3 Å². The van der Waals surface area contributed by atoms with E-state index in [2.05, 4.69) is 24.4 Å². The molecule has 0 saturated carbocycles. The maximum atomic E-state index is 13.2. The van der Waals surface area contributed by atoms with Crippen LogP contribution in [-0.2, 0) is 14.6 Å². The third-order valence-corrected chi connectivity index (χ3v) is 8.35. The van der Waals surface area contributed by atoms with Crippen molar-refractivity contribution in [3.63, 3.8) is 0 Å². The summed E-state index contributed by atoms with van der Waals surface area (Å²) in [5.41, 5.74) is 4.83. The monoisotopic (exact) mass is 411 g/mol. The van der Waals surface area contributed by atoms with E-state index in [1.165, 1.54) is 16.9 Å². The molecule has 28 heavy (non-hydrogen) atoms. The molecule has 0 saturated heterocycles. The van der Waals surface area contributed by atoms with Crippen LogP contribution >= 0.6 is 11.3 Å². The molecular formula is C22H21NO3S2. The number of amides is 1. The van der Waals surface area contributed by atoms with Crippen molar-refractivity contribution in [1.29, 1.82) is 0 Å². The van der Waals surface area contributed by atoms with Crippen molar-refractivity contribution in [2.24, 2.45) is 0 Å². The van der Waals surface area contributed by atoms with E-state index in [1.54, 1.807) is 29.6 Å². The zero-order chi connectivity index (χ0) is 20.1. The highest BCUT2D eigenvalue weighted by atomic mass is 32.2. The second-order valence-corrected chi connectivity index (χ2v) is 10.1. The van der Waals surface area contributed by atoms with Crippen molar-refractivity contribution in [1.82, 2.24) is 0 Å². The molecule has 4 rings (SSSR count). The summed E-state index contributed by atoms with van der Waals surface area (Å²) in [7, 11) is -3.70. The Balaban J connectivity index is 1.82. The Labute approximate surface area is 169 Å². The number of hydrogen-bond acceptors (Lipinski definition) is 4. The maximum Gasteiger partial charge on any atom is 0.225 e. The fraction of sp³-hybridized carbons (Fsp3) is 0.227. The molecule has 2 aromatic carbocycles. The van der Waals surface area contributed by atoms with Crippen LogP contribution in [0, 0.1) is 20.8 Å². The summed E-state index contributed by atoms with van der Waals surface area (Å²) in [6, 6.07) is 13.0. The first-order valence-electron chi connectivity index (χ1n) is 9.07. The van der Waals surface area contributed by atoms with Gasteiger partial charge in [-0.05, 0) is 49.6 Å². The molecule has 4 nitrogen and oxygen atoms in total. The SMILES string of the molecule is Cc1ccc(S(=O)(=O)c2csc3c2NC(=O)CC3c2ccc(C)c(C)c2)cc1. The van der Waals surface area contributed by atoms with Crippen molar-refractivity contribution in [3.05, 3.63) is 75.0 Å². The van der Waals surface area contributed by atoms with E-state index >= 15 is 0 Å². The smallest absolute Gasteiger partial charge is 0.225 e. The molecule has 1 N–H and O–H groups in total. The number of rotatable bonds is 3. The van der Waals surface area contributed by atoms with Gasteiger partial charge in [0.25, 0.3) is 0 Å². The normalized spacial score (nSPS) is 16.5. The highest BCUT2D eigenvalue weighted by Gasteiger charge is 2.34. The number of hydrogen-bond donors (Lipinski definition) is 1. The molecule has 1 aromatic heterocycles. The summed E-state index contributed by atoms with van der Waals surface area (Å²) in [6.45, 7) is 6.01. The standard InChI is InChI=1S/C22H21NO3S2/c1-13-4-8-17(9-5-13)28(25,26)19-12-27-22-18(11-20(24)23-21(19)22)16-7-6-14(2)15(3)10-16/h4-10,12,18H,11H2,1-3H3,(H,23,24). The predicted octanol–water partition coefficient (Wildman–Crippen LogP) is 4.98. The number of carbonyl (C=O) groups excluding carboxylic acids is 1. The summed E-state index contributed by atoms with van der Waals surface area (Å²) < 4.78 is 26.4. The second-order valence-electron chi connectivity index (χ2n) is 7.30. The first-order valence-corrected chi connectivity index (χ1v) is 11.4. The highest BCUT2D eigenvalue weighted by Crippen LogP contribution is 2.46. The maximum absolute atomic E-state index is 13.2. The Morgan fingerprint density at radius 1 is 1.00 bits per heavy atom. The summed E-state index contributed by atoms with van der Waals surface area (Å²) >= 11 is 1.40. The average molecular weight is 412 g/mol. The third-order valence-electron chi connectivity index (χ3n) is 5.31. The molecule has 144 valence electrons. The minimum Gasteiger partial charge on any atom is -0.324 e. The molecule has 0 fully saturated rings. The fourth-order valence-corrected chi connectivity index (χ4v) is 6.41. The molecule has 1 atom stereocenters. The molecule has 1 unspecified atom stereocenters. The zero-order valence-corrected chi connectivity index (χ0v) is 17.6. The van der Waals surface area contributed by atoms with Crippen LogP contribution in [0.2, 0.25) is 0 Å². The van der Waals surface area contributed by atoms with Crippen LogP contribution in [0.25, 0.3) is 0 Å². The van der Waals surface area contributed by atoms with Gasteiger partial charge in [0.15, 0.2) is 0 Å². The molecule has 0 radical (unpaired) electrons. The van der Waals surface area contributed by atoms with Crippen LogP contribution in [0.4, 0.5) is 5.69 Å². The number of aryl methyl sites for hydroxylation is 3. The molecule has 2 heterocycles. The molecule has 0 spiro atoms. The van der Waals surface area contributed by atoms with Gasteiger partial charge in [-0.2, -0.15) is 0 Å². The van der Waals surface area contributed by atoms with Crippen LogP contribution in [0.1, 0.15) is 39.5 Å². The topological polar surface area (TPSA) is 63.2 Å². The molecule has 0 aliphatic carbocycles. The van der Waals surface area contributed by atoms with Crippen molar-refractivity contribution < 1.29 is 13.2 Å². The van der Waals surface area contributed by atoms with Crippen molar-refractivity contribution in [3.8, 4) is 0 Å². The van der Waals surface area contributed by atoms with Gasteiger partial charge in [0.1, 0.15) is 4.90 Å². The van der Waals surface area contributed by atoms with Gasteiger partial charge in [0.05, 0.1) is 10.6 Å². The van der Waals surface area contributed by atoms with Crippen molar-refractivity contribution in [2.75, 3.05) is 5.32 Å². The minimum atomic E-state index is -3.70. The molecule has 1 amide bonds. The molecule has 0 bridgehead atoms. The Bertz CT molecular complexity index is 1170. The number of thiophene rings is 1. The lowest BCUT2D eigenvalue weighted by Gasteiger charge is -2.24. The third kappa shape index (κ3) is 3.16. The number of nitrogens with one attached hydrogen (secondary N) is 1. The van der Waals surface area contributed by atoms with E-state index in [0.717, 1.165) is 21.6 Å². The van der Waals surface area contributed by atoms with Crippen LogP contribution < -0.4 is 5.32 Å². The van der Waals surface area contributed by atoms with E-state index < -0.39 is 9.84 Å². The van der Waals surface area contributed by atoms with Gasteiger partial charge in [0, 0.05) is 22.6 Å². The molecular weight excluding hydrogens is 390 g/mol. The van der Waals surface area contributed by atoms with Gasteiger partial charge in [-0.1, -0.05) is 35.9 Å². The summed E-state index contributed by atoms with van der Waals surface area (Å²) in [4.78, 5) is 13.7. The first-order chi connectivity index (χ1) is 13.3. The van der Waals surface area contributed by atoms with E-state index in [-0.39, 0.29) is 21.6 Å². The van der Waals surface area contributed by atoms with Gasteiger partial charge >= 0.3 is 0 Å². The number of sulfone groups is 1. The Kier molecular flexibility index (Phi) is 4.63. The quantitative estimate of drug-likeness (QED) is 0.661. The fourth-order valence-electron chi connectivity index (χ4n) is 3.50. The van der Waals surface area contributed by atoms with E-state index in [1.807, 2.05) is 19.9 Å². The molecule has 1 aliphatic heterocycles. The number of fused-ring (bicyclic) bond motifs is 1. The van der Waals surface area contributed by atoms with Gasteiger partial charge < -0.3 is 5.32 Å². The largest absolute Gasteiger partial charge is 0.324 e.